The van der Waals surface area contributed by atoms with Gasteiger partial charge in [0.25, 0.3) is 0 Å². The molecule has 0 radical (unpaired) electrons. The van der Waals surface area contributed by atoms with Crippen LogP contribution in [0.5, 0.6) is 5.75 Å². The Morgan fingerprint density at radius 2 is 1.80 bits per heavy atom. The van der Waals surface area contributed by atoms with Gasteiger partial charge in [0.05, 0.1) is 6.42 Å². The Morgan fingerprint density at radius 1 is 1.04 bits per heavy atom. The molecule has 0 aliphatic rings. The quantitative estimate of drug-likeness (QED) is 0.548. The zero-order valence-corrected chi connectivity index (χ0v) is 13.1. The van der Waals surface area contributed by atoms with Crippen molar-refractivity contribution in [2.75, 3.05) is 6.61 Å². The number of hydrogen-bond donors (Lipinski definition) is 1. The first-order valence-corrected chi connectivity index (χ1v) is 7.52. The summed E-state index contributed by atoms with van der Waals surface area (Å²) < 4.78 is 10.6. The van der Waals surface area contributed by atoms with E-state index in [1.165, 1.54) is 12.1 Å². The first-order chi connectivity index (χ1) is 12.0. The highest BCUT2D eigenvalue weighted by Crippen LogP contribution is 2.21. The lowest BCUT2D eigenvalue weighted by atomic mass is 10.1. The van der Waals surface area contributed by atoms with Gasteiger partial charge in [-0.2, -0.15) is 0 Å². The molecule has 0 aliphatic heterocycles. The molecule has 6 nitrogen and oxygen atoms in total. The van der Waals surface area contributed by atoms with Crippen LogP contribution >= 0.6 is 0 Å². The van der Waals surface area contributed by atoms with E-state index in [0.717, 1.165) is 0 Å². The molecule has 2 aromatic carbocycles. The fraction of sp³-hybridized carbons (Fsp3) is 0.105. The van der Waals surface area contributed by atoms with E-state index in [0.29, 0.717) is 16.7 Å². The number of ether oxygens (including phenoxy) is 1. The molecule has 0 spiro atoms. The predicted octanol–water partition coefficient (Wildman–Crippen LogP) is 2.68. The summed E-state index contributed by atoms with van der Waals surface area (Å²) in [6.45, 7) is -0.142. The van der Waals surface area contributed by atoms with E-state index in [1.54, 1.807) is 36.4 Å². The van der Waals surface area contributed by atoms with Crippen LogP contribution in [0, 0.1) is 0 Å². The van der Waals surface area contributed by atoms with Crippen LogP contribution in [0.4, 0.5) is 0 Å². The number of ketones is 1. The summed E-state index contributed by atoms with van der Waals surface area (Å²) in [7, 11) is 0. The normalized spacial score (nSPS) is 10.6. The zero-order valence-electron chi connectivity index (χ0n) is 13.1. The molecule has 6 heteroatoms. The molecule has 1 heterocycles. The Balaban J connectivity index is 1.78. The maximum Gasteiger partial charge on any atom is 0.340 e. The Kier molecular flexibility index (Phi) is 4.61. The average molecular weight is 338 g/mol. The Labute approximate surface area is 142 Å². The second kappa shape index (κ2) is 7.00. The summed E-state index contributed by atoms with van der Waals surface area (Å²) in [6.07, 6.45) is -0.401. The molecular weight excluding hydrogens is 324 g/mol. The van der Waals surface area contributed by atoms with Crippen molar-refractivity contribution < 1.29 is 23.8 Å². The van der Waals surface area contributed by atoms with Crippen LogP contribution in [0.1, 0.15) is 15.9 Å². The molecule has 0 saturated carbocycles. The SMILES string of the molecule is O=C(O)Cc1cc2ccc(OCC(=O)c3ccccc3)cc2oc1=O. The minimum absolute atomic E-state index is 0.0768. The van der Waals surface area contributed by atoms with Gasteiger partial charge in [0.15, 0.2) is 12.4 Å². The number of carboxylic acids is 1. The van der Waals surface area contributed by atoms with Crippen molar-refractivity contribution in [3.8, 4) is 5.75 Å². The summed E-state index contributed by atoms with van der Waals surface area (Å²) in [6, 6.07) is 15.0. The monoisotopic (exact) mass is 338 g/mol. The van der Waals surface area contributed by atoms with E-state index in [1.807, 2.05) is 6.07 Å². The fourth-order valence-corrected chi connectivity index (χ4v) is 2.37. The van der Waals surface area contributed by atoms with Gasteiger partial charge in [-0.1, -0.05) is 30.3 Å². The molecule has 0 atom stereocenters. The highest BCUT2D eigenvalue weighted by molar-refractivity contribution is 5.97. The molecule has 0 bridgehead atoms. The van der Waals surface area contributed by atoms with Crippen LogP contribution in [-0.2, 0) is 11.2 Å². The zero-order chi connectivity index (χ0) is 17.8. The average Bonchev–Trinajstić information content (AvgIpc) is 2.60. The van der Waals surface area contributed by atoms with Gasteiger partial charge in [0, 0.05) is 22.6 Å². The van der Waals surface area contributed by atoms with Gasteiger partial charge in [-0.25, -0.2) is 4.79 Å². The Morgan fingerprint density at radius 3 is 2.52 bits per heavy atom. The van der Waals surface area contributed by atoms with Gasteiger partial charge in [0.2, 0.25) is 0 Å². The number of carbonyl (C=O) groups excluding carboxylic acids is 1. The van der Waals surface area contributed by atoms with Gasteiger partial charge in [-0.05, 0) is 18.2 Å². The minimum Gasteiger partial charge on any atom is -0.485 e. The molecule has 1 N–H and O–H groups in total. The molecule has 0 aliphatic carbocycles. The van der Waals surface area contributed by atoms with Crippen molar-refractivity contribution in [1.82, 2.24) is 0 Å². The summed E-state index contributed by atoms with van der Waals surface area (Å²) >= 11 is 0. The number of fused-ring (bicyclic) bond motifs is 1. The van der Waals surface area contributed by atoms with Crippen molar-refractivity contribution in [2.24, 2.45) is 0 Å². The lowest BCUT2D eigenvalue weighted by Gasteiger charge is -2.07. The van der Waals surface area contributed by atoms with Crippen LogP contribution in [0.15, 0.2) is 63.8 Å². The van der Waals surface area contributed by atoms with Crippen LogP contribution in [0.25, 0.3) is 11.0 Å². The highest BCUT2D eigenvalue weighted by Gasteiger charge is 2.11. The summed E-state index contributed by atoms with van der Waals surface area (Å²) in [5, 5.41) is 9.37. The lowest BCUT2D eigenvalue weighted by molar-refractivity contribution is -0.136. The molecule has 0 saturated heterocycles. The maximum atomic E-state index is 12.0. The van der Waals surface area contributed by atoms with Gasteiger partial charge >= 0.3 is 11.6 Å². The Hall–Kier alpha value is -3.41. The summed E-state index contributed by atoms with van der Waals surface area (Å²) in [4.78, 5) is 34.6. The molecule has 0 amide bonds. The smallest absolute Gasteiger partial charge is 0.340 e. The van der Waals surface area contributed by atoms with E-state index in [2.05, 4.69) is 0 Å². The largest absolute Gasteiger partial charge is 0.485 e. The van der Waals surface area contributed by atoms with Gasteiger partial charge in [-0.15, -0.1) is 0 Å². The maximum absolute atomic E-state index is 12.0. The summed E-state index contributed by atoms with van der Waals surface area (Å²) in [5.41, 5.74) is 0.192. The standard InChI is InChI=1S/C19H14O6/c20-16(12-4-2-1-3-5-12)11-24-15-7-6-13-8-14(9-18(21)22)19(23)25-17(13)10-15/h1-8,10H,9,11H2,(H,21,22). The van der Waals surface area contributed by atoms with E-state index < -0.39 is 18.0 Å². The van der Waals surface area contributed by atoms with Crippen LogP contribution in [0.2, 0.25) is 0 Å². The van der Waals surface area contributed by atoms with E-state index in [4.69, 9.17) is 14.3 Å². The van der Waals surface area contributed by atoms with E-state index in [9.17, 15) is 14.4 Å². The number of benzene rings is 2. The third kappa shape index (κ3) is 3.92. The first-order valence-electron chi connectivity index (χ1n) is 7.52. The number of rotatable bonds is 6. The van der Waals surface area contributed by atoms with Gasteiger partial charge in [-0.3, -0.25) is 9.59 Å². The molecular formula is C19H14O6. The molecule has 3 rings (SSSR count). The van der Waals surface area contributed by atoms with E-state index >= 15 is 0 Å². The second-order valence-corrected chi connectivity index (χ2v) is 5.41. The third-order valence-corrected chi connectivity index (χ3v) is 3.59. The van der Waals surface area contributed by atoms with Crippen LogP contribution in [-0.4, -0.2) is 23.5 Å². The van der Waals surface area contributed by atoms with Crippen molar-refractivity contribution >= 4 is 22.7 Å². The molecule has 3 aromatic rings. The van der Waals surface area contributed by atoms with Crippen molar-refractivity contribution in [2.45, 2.75) is 6.42 Å². The van der Waals surface area contributed by atoms with Gasteiger partial charge in [0.1, 0.15) is 11.3 Å². The lowest BCUT2D eigenvalue weighted by Crippen LogP contribution is -2.12. The summed E-state index contributed by atoms with van der Waals surface area (Å²) in [5.74, 6) is -0.893. The topological polar surface area (TPSA) is 93.8 Å². The van der Waals surface area contributed by atoms with Gasteiger partial charge < -0.3 is 14.3 Å². The van der Waals surface area contributed by atoms with E-state index in [-0.39, 0.29) is 23.5 Å². The highest BCUT2D eigenvalue weighted by atomic mass is 16.5. The molecule has 1 aromatic heterocycles. The third-order valence-electron chi connectivity index (χ3n) is 3.59. The van der Waals surface area contributed by atoms with Crippen LogP contribution in [0.3, 0.4) is 0 Å². The number of hydrogen-bond acceptors (Lipinski definition) is 5. The Bertz CT molecular complexity index is 988. The van der Waals surface area contributed by atoms with Crippen LogP contribution < -0.4 is 10.4 Å². The van der Waals surface area contributed by atoms with Crippen molar-refractivity contribution in [3.05, 3.63) is 76.1 Å². The second-order valence-electron chi connectivity index (χ2n) is 5.41. The molecule has 0 unspecified atom stereocenters. The fourth-order valence-electron chi connectivity index (χ4n) is 2.37. The number of aliphatic carboxylic acids is 1. The first kappa shape index (κ1) is 16.4. The molecule has 126 valence electrons. The number of carbonyl (C=O) groups is 2. The molecule has 0 fully saturated rings. The van der Waals surface area contributed by atoms with Crippen molar-refractivity contribution in [3.63, 3.8) is 0 Å². The molecule has 25 heavy (non-hydrogen) atoms. The van der Waals surface area contributed by atoms with Crippen molar-refractivity contribution in [1.29, 1.82) is 0 Å². The minimum atomic E-state index is -1.11. The number of carboxylic acid groups (broad SMARTS) is 1. The number of Topliss-reactive ketones (excluding diaryl/α,β-unsaturated/α-hetero) is 1. The predicted molar refractivity (Wildman–Crippen MR) is 90.1 cm³/mol.